The van der Waals surface area contributed by atoms with Gasteiger partial charge in [0.2, 0.25) is 5.95 Å². The largest absolute Gasteiger partial charge is 0.374 e. The van der Waals surface area contributed by atoms with Crippen molar-refractivity contribution in [2.75, 3.05) is 38.0 Å². The number of nitrogens with one attached hydrogen (secondary N) is 1. The molecule has 0 bridgehead atoms. The molecule has 1 unspecified atom stereocenters. The number of pyridine rings is 1. The normalized spacial score (nSPS) is 15.9. The molecule has 3 aromatic heterocycles. The molecule has 1 fully saturated rings. The molecule has 0 saturated carbocycles. The van der Waals surface area contributed by atoms with Gasteiger partial charge in [0.05, 0.1) is 11.7 Å². The third-order valence-corrected chi connectivity index (χ3v) is 6.98. The van der Waals surface area contributed by atoms with Crippen LogP contribution in [0.5, 0.6) is 0 Å². The monoisotopic (exact) mass is 522 g/mol. The number of hydrogen-bond donors (Lipinski definition) is 2. The number of imidazole rings is 1. The Morgan fingerprint density at radius 1 is 1.00 bits per heavy atom. The lowest BCUT2D eigenvalue weighted by Crippen LogP contribution is -2.47. The highest BCUT2D eigenvalue weighted by atomic mass is 19.1. The molecule has 5 rings (SSSR count). The van der Waals surface area contributed by atoms with Gasteiger partial charge in [0.25, 0.3) is 0 Å². The van der Waals surface area contributed by atoms with Crippen molar-refractivity contribution in [2.45, 2.75) is 40.0 Å². The van der Waals surface area contributed by atoms with Crippen molar-refractivity contribution in [1.29, 1.82) is 0 Å². The predicted molar refractivity (Wildman–Crippen MR) is 142 cm³/mol. The summed E-state index contributed by atoms with van der Waals surface area (Å²) < 4.78 is 31.7. The number of aromatic nitrogens is 5. The summed E-state index contributed by atoms with van der Waals surface area (Å²) in [6, 6.07) is 6.49. The van der Waals surface area contributed by atoms with Crippen LogP contribution in [-0.2, 0) is 0 Å². The highest BCUT2D eigenvalue weighted by Crippen LogP contribution is 2.30. The van der Waals surface area contributed by atoms with Gasteiger partial charge in [-0.3, -0.25) is 4.90 Å². The van der Waals surface area contributed by atoms with E-state index in [-0.39, 0.29) is 28.8 Å². The Labute approximate surface area is 220 Å². The first-order valence-electron chi connectivity index (χ1n) is 12.8. The third-order valence-electron chi connectivity index (χ3n) is 6.98. The number of halogens is 2. The van der Waals surface area contributed by atoms with E-state index in [1.807, 2.05) is 30.2 Å². The van der Waals surface area contributed by atoms with Crippen molar-refractivity contribution < 1.29 is 13.9 Å². The molecule has 0 aliphatic carbocycles. The van der Waals surface area contributed by atoms with E-state index in [9.17, 15) is 13.9 Å². The zero-order chi connectivity index (χ0) is 27.0. The van der Waals surface area contributed by atoms with Gasteiger partial charge in [0.1, 0.15) is 29.1 Å². The van der Waals surface area contributed by atoms with E-state index < -0.39 is 17.9 Å². The van der Waals surface area contributed by atoms with Gasteiger partial charge in [-0.15, -0.1) is 0 Å². The molecule has 4 aromatic rings. The Morgan fingerprint density at radius 3 is 2.42 bits per heavy atom. The van der Waals surface area contributed by atoms with Crippen molar-refractivity contribution in [2.24, 2.45) is 0 Å². The number of fused-ring (bicyclic) bond motifs is 1. The zero-order valence-electron chi connectivity index (χ0n) is 22.0. The number of rotatable bonds is 7. The summed E-state index contributed by atoms with van der Waals surface area (Å²) in [7, 11) is 0. The number of benzene rings is 1. The molecule has 2 N–H and O–H groups in total. The fraction of sp³-hybridized carbons (Fsp3) is 0.407. The summed E-state index contributed by atoms with van der Waals surface area (Å²) in [5, 5.41) is 13.7. The van der Waals surface area contributed by atoms with E-state index in [0.29, 0.717) is 22.7 Å². The summed E-state index contributed by atoms with van der Waals surface area (Å²) in [6.07, 6.45) is 1.91. The van der Waals surface area contributed by atoms with Crippen LogP contribution < -0.4 is 5.32 Å². The van der Waals surface area contributed by atoms with Crippen LogP contribution in [0.4, 0.5) is 20.5 Å². The molecule has 1 aliphatic heterocycles. The molecule has 4 heterocycles. The number of anilines is 2. The van der Waals surface area contributed by atoms with Crippen LogP contribution in [0.15, 0.2) is 36.7 Å². The SMILES string of the molecule is CCN1CCN(C(O)c2ccc(Nc3ncc(F)c(-c4cc(F)c5nc(C)n(C(C)C)c5c4)n3)nc2)CC1. The average molecular weight is 523 g/mol. The van der Waals surface area contributed by atoms with E-state index >= 15 is 0 Å². The van der Waals surface area contributed by atoms with Gasteiger partial charge in [0.15, 0.2) is 11.6 Å². The summed E-state index contributed by atoms with van der Waals surface area (Å²) in [5.74, 6) is 0.0199. The Morgan fingerprint density at radius 2 is 1.76 bits per heavy atom. The molecular formula is C27H32F2N8O. The summed E-state index contributed by atoms with van der Waals surface area (Å²) in [5.41, 5.74) is 1.76. The molecule has 1 saturated heterocycles. The second kappa shape index (κ2) is 10.7. The van der Waals surface area contributed by atoms with Crippen molar-refractivity contribution in [3.05, 3.63) is 59.7 Å². The highest BCUT2D eigenvalue weighted by Gasteiger charge is 2.23. The second-order valence-electron chi connectivity index (χ2n) is 9.78. The summed E-state index contributed by atoms with van der Waals surface area (Å²) in [4.78, 5) is 21.4. The van der Waals surface area contributed by atoms with E-state index in [1.54, 1.807) is 24.4 Å². The average Bonchev–Trinajstić information content (AvgIpc) is 3.26. The molecule has 1 aliphatic rings. The standard InChI is InChI=1S/C27H32F2N8O/c1-5-35-8-10-36(11-9-35)26(38)18-6-7-23(30-14-18)33-27-31-15-21(29)24(34-27)19-12-20(28)25-22(13-19)37(16(2)3)17(4)32-25/h6-7,12-16,26,38H,5,8-11H2,1-4H3,(H,30,31,33,34). The number of nitrogens with zero attached hydrogens (tertiary/aromatic N) is 7. The minimum atomic E-state index is -0.739. The molecule has 11 heteroatoms. The maximum atomic E-state index is 14.9. The molecule has 1 atom stereocenters. The van der Waals surface area contributed by atoms with E-state index in [2.05, 4.69) is 37.1 Å². The lowest BCUT2D eigenvalue weighted by molar-refractivity contribution is -0.0265. The van der Waals surface area contributed by atoms with Crippen molar-refractivity contribution in [3.8, 4) is 11.3 Å². The Balaban J connectivity index is 1.37. The van der Waals surface area contributed by atoms with Crippen molar-refractivity contribution in [1.82, 2.24) is 34.3 Å². The molecule has 200 valence electrons. The molecule has 38 heavy (non-hydrogen) atoms. The molecule has 0 amide bonds. The van der Waals surface area contributed by atoms with Crippen molar-refractivity contribution in [3.63, 3.8) is 0 Å². The fourth-order valence-corrected chi connectivity index (χ4v) is 4.97. The number of likely N-dealkylation sites (N-methyl/N-ethyl adjacent to an activating group) is 1. The maximum absolute atomic E-state index is 14.9. The van der Waals surface area contributed by atoms with Gasteiger partial charge in [-0.05, 0) is 51.6 Å². The smallest absolute Gasteiger partial charge is 0.229 e. The lowest BCUT2D eigenvalue weighted by Gasteiger charge is -2.36. The highest BCUT2D eigenvalue weighted by molar-refractivity contribution is 5.83. The minimum Gasteiger partial charge on any atom is -0.374 e. The van der Waals surface area contributed by atoms with Crippen molar-refractivity contribution >= 4 is 22.8 Å². The van der Waals surface area contributed by atoms with Gasteiger partial charge in [-0.25, -0.2) is 28.7 Å². The Kier molecular flexibility index (Phi) is 7.33. The summed E-state index contributed by atoms with van der Waals surface area (Å²) in [6.45, 7) is 12.3. The van der Waals surface area contributed by atoms with Gasteiger partial charge in [0, 0.05) is 49.5 Å². The third kappa shape index (κ3) is 5.09. The summed E-state index contributed by atoms with van der Waals surface area (Å²) >= 11 is 0. The fourth-order valence-electron chi connectivity index (χ4n) is 4.97. The topological polar surface area (TPSA) is 95.2 Å². The van der Waals surface area contributed by atoms with Gasteiger partial charge in [-0.2, -0.15) is 0 Å². The predicted octanol–water partition coefficient (Wildman–Crippen LogP) is 4.43. The number of aliphatic hydroxyl groups excluding tert-OH is 1. The second-order valence-corrected chi connectivity index (χ2v) is 9.78. The number of hydrogen-bond acceptors (Lipinski definition) is 8. The first-order valence-corrected chi connectivity index (χ1v) is 12.8. The Bertz CT molecular complexity index is 1430. The molecule has 9 nitrogen and oxygen atoms in total. The maximum Gasteiger partial charge on any atom is 0.229 e. The van der Waals surface area contributed by atoms with Gasteiger partial charge < -0.3 is 19.9 Å². The number of piperazine rings is 1. The van der Waals surface area contributed by atoms with Crippen LogP contribution in [0.1, 0.15) is 44.4 Å². The number of aryl methyl sites for hydroxylation is 1. The van der Waals surface area contributed by atoms with Crippen LogP contribution in [-0.4, -0.2) is 72.1 Å². The Hall–Kier alpha value is -3.54. The van der Waals surface area contributed by atoms with Crippen LogP contribution in [0.25, 0.3) is 22.3 Å². The lowest BCUT2D eigenvalue weighted by atomic mass is 10.1. The quantitative estimate of drug-likeness (QED) is 0.368. The van der Waals surface area contributed by atoms with Crippen LogP contribution in [0, 0.1) is 18.6 Å². The van der Waals surface area contributed by atoms with Crippen LogP contribution in [0.3, 0.4) is 0 Å². The molecule has 1 aromatic carbocycles. The zero-order valence-corrected chi connectivity index (χ0v) is 22.0. The first kappa shape index (κ1) is 26.1. The molecule has 0 spiro atoms. The van der Waals surface area contributed by atoms with E-state index in [1.165, 1.54) is 6.07 Å². The van der Waals surface area contributed by atoms with E-state index in [4.69, 9.17) is 0 Å². The van der Waals surface area contributed by atoms with Crippen LogP contribution >= 0.6 is 0 Å². The molecule has 0 radical (unpaired) electrons. The first-order chi connectivity index (χ1) is 18.2. The molecular weight excluding hydrogens is 490 g/mol. The van der Waals surface area contributed by atoms with Gasteiger partial charge in [-0.1, -0.05) is 6.92 Å². The minimum absolute atomic E-state index is 0.0317. The van der Waals surface area contributed by atoms with E-state index in [0.717, 1.165) is 38.9 Å². The van der Waals surface area contributed by atoms with Gasteiger partial charge >= 0.3 is 0 Å². The van der Waals surface area contributed by atoms with Crippen LogP contribution in [0.2, 0.25) is 0 Å². The number of aliphatic hydroxyl groups is 1.